The van der Waals surface area contributed by atoms with Crippen LogP contribution in [0.15, 0.2) is 23.1 Å². The van der Waals surface area contributed by atoms with Gasteiger partial charge in [0.15, 0.2) is 0 Å². The number of nitrogens with two attached hydrogens (primary N) is 1. The van der Waals surface area contributed by atoms with E-state index in [1.54, 1.807) is 6.07 Å². The number of sulfonamides is 1. The first-order valence-electron chi connectivity index (χ1n) is 5.85. The Hall–Kier alpha value is -1.60. The summed E-state index contributed by atoms with van der Waals surface area (Å²) in [5, 5.41) is 7.82. The minimum Gasteiger partial charge on any atom is -0.495 e. The molecule has 3 N–H and O–H groups in total. The molecule has 1 rings (SSSR count). The summed E-state index contributed by atoms with van der Waals surface area (Å²) in [6.45, 7) is 2.55. The predicted octanol–water partition coefficient (Wildman–Crippen LogP) is 0.411. The predicted molar refractivity (Wildman–Crippen MR) is 71.4 cm³/mol. The van der Waals surface area contributed by atoms with Crippen LogP contribution in [-0.2, 0) is 21.2 Å². The average molecular weight is 286 g/mol. The molecule has 19 heavy (non-hydrogen) atoms. The van der Waals surface area contributed by atoms with Crippen molar-refractivity contribution in [2.75, 3.05) is 13.7 Å². The normalized spacial score (nSPS) is 11.1. The molecule has 0 aromatic heterocycles. The molecule has 6 nitrogen and oxygen atoms in total. The quantitative estimate of drug-likeness (QED) is 0.791. The lowest BCUT2D eigenvalue weighted by Crippen LogP contribution is -2.25. The molecule has 0 heterocycles. The summed E-state index contributed by atoms with van der Waals surface area (Å²) in [7, 11) is -2.52. The van der Waals surface area contributed by atoms with Gasteiger partial charge in [-0.3, -0.25) is 4.79 Å². The van der Waals surface area contributed by atoms with Gasteiger partial charge in [-0.05, 0) is 24.1 Å². The number of ether oxygens (including phenoxy) is 1. The van der Waals surface area contributed by atoms with Crippen molar-refractivity contribution >= 4 is 15.9 Å². The number of primary sulfonamides is 1. The van der Waals surface area contributed by atoms with Crippen LogP contribution in [0.5, 0.6) is 5.75 Å². The number of amides is 1. The lowest BCUT2D eigenvalue weighted by atomic mass is 10.1. The van der Waals surface area contributed by atoms with Crippen molar-refractivity contribution in [1.29, 1.82) is 0 Å². The highest BCUT2D eigenvalue weighted by Crippen LogP contribution is 2.23. The maximum atomic E-state index is 11.6. The first kappa shape index (κ1) is 15.5. The molecule has 1 aromatic rings. The fraction of sp³-hybridized carbons (Fsp3) is 0.417. The van der Waals surface area contributed by atoms with Gasteiger partial charge in [0, 0.05) is 6.54 Å². The topological polar surface area (TPSA) is 98.5 Å². The Morgan fingerprint density at radius 2 is 2.11 bits per heavy atom. The Morgan fingerprint density at radius 1 is 1.42 bits per heavy atom. The lowest BCUT2D eigenvalue weighted by Gasteiger charge is -2.09. The minimum absolute atomic E-state index is 0.104. The summed E-state index contributed by atoms with van der Waals surface area (Å²) in [5.74, 6) is 0.00704. The highest BCUT2D eigenvalue weighted by molar-refractivity contribution is 7.89. The van der Waals surface area contributed by atoms with E-state index in [1.807, 2.05) is 6.92 Å². The zero-order chi connectivity index (χ0) is 14.5. The molecule has 0 aliphatic rings. The van der Waals surface area contributed by atoms with E-state index < -0.39 is 10.0 Å². The van der Waals surface area contributed by atoms with Gasteiger partial charge in [-0.25, -0.2) is 13.6 Å². The monoisotopic (exact) mass is 286 g/mol. The van der Waals surface area contributed by atoms with Crippen LogP contribution in [-0.4, -0.2) is 28.0 Å². The van der Waals surface area contributed by atoms with E-state index >= 15 is 0 Å². The van der Waals surface area contributed by atoms with Crippen LogP contribution < -0.4 is 15.2 Å². The molecular formula is C12H18N2O4S. The second-order valence-electron chi connectivity index (χ2n) is 4.06. The molecule has 0 saturated heterocycles. The first-order chi connectivity index (χ1) is 8.88. The van der Waals surface area contributed by atoms with Crippen LogP contribution in [0.3, 0.4) is 0 Å². The Bertz CT molecular complexity index is 555. The van der Waals surface area contributed by atoms with Gasteiger partial charge in [0.2, 0.25) is 15.9 Å². The van der Waals surface area contributed by atoms with Crippen LogP contribution in [0.1, 0.15) is 18.9 Å². The van der Waals surface area contributed by atoms with Crippen molar-refractivity contribution in [3.63, 3.8) is 0 Å². The molecule has 0 bridgehead atoms. The summed E-state index contributed by atoms with van der Waals surface area (Å²) in [6, 6.07) is 4.49. The number of benzene rings is 1. The number of rotatable bonds is 6. The molecule has 0 fully saturated rings. The lowest BCUT2D eigenvalue weighted by molar-refractivity contribution is -0.120. The van der Waals surface area contributed by atoms with Gasteiger partial charge in [0.1, 0.15) is 10.6 Å². The van der Waals surface area contributed by atoms with Crippen molar-refractivity contribution in [2.45, 2.75) is 24.7 Å². The van der Waals surface area contributed by atoms with E-state index in [0.29, 0.717) is 12.1 Å². The smallest absolute Gasteiger partial charge is 0.241 e. The molecule has 106 valence electrons. The van der Waals surface area contributed by atoms with Crippen molar-refractivity contribution < 1.29 is 17.9 Å². The Kier molecular flexibility index (Phi) is 5.31. The first-order valence-corrected chi connectivity index (χ1v) is 7.39. The maximum Gasteiger partial charge on any atom is 0.241 e. The molecule has 7 heteroatoms. The zero-order valence-corrected chi connectivity index (χ0v) is 11.8. The summed E-state index contributed by atoms with van der Waals surface area (Å²) in [4.78, 5) is 11.4. The highest BCUT2D eigenvalue weighted by atomic mass is 32.2. The number of hydrogen-bond donors (Lipinski definition) is 2. The van der Waals surface area contributed by atoms with Gasteiger partial charge in [0.25, 0.3) is 0 Å². The Balaban J connectivity index is 2.96. The summed E-state index contributed by atoms with van der Waals surface area (Å²) < 4.78 is 27.8. The average Bonchev–Trinajstić information content (AvgIpc) is 2.35. The number of nitrogens with one attached hydrogen (secondary N) is 1. The highest BCUT2D eigenvalue weighted by Gasteiger charge is 2.16. The van der Waals surface area contributed by atoms with E-state index in [4.69, 9.17) is 9.88 Å². The van der Waals surface area contributed by atoms with Gasteiger partial charge in [-0.15, -0.1) is 0 Å². The van der Waals surface area contributed by atoms with Crippen molar-refractivity contribution in [1.82, 2.24) is 5.32 Å². The maximum absolute atomic E-state index is 11.6. The third-order valence-electron chi connectivity index (χ3n) is 2.47. The Morgan fingerprint density at radius 3 is 2.63 bits per heavy atom. The molecule has 0 radical (unpaired) electrons. The molecule has 0 spiro atoms. The minimum atomic E-state index is -3.88. The van der Waals surface area contributed by atoms with E-state index in [9.17, 15) is 13.2 Å². The van der Waals surface area contributed by atoms with E-state index in [1.165, 1.54) is 19.2 Å². The molecular weight excluding hydrogens is 268 g/mol. The summed E-state index contributed by atoms with van der Waals surface area (Å²) in [5.41, 5.74) is 0.568. The van der Waals surface area contributed by atoms with Crippen LogP contribution >= 0.6 is 0 Å². The number of methoxy groups -OCH3 is 1. The standard InChI is InChI=1S/C12H18N2O4S/c1-3-6-14-12(15)8-9-4-5-10(18-2)11(7-9)19(13,16)17/h4-5,7H,3,6,8H2,1-2H3,(H,14,15)(H2,13,16,17). The zero-order valence-electron chi connectivity index (χ0n) is 11.0. The number of carbonyl (C=O) groups is 1. The van der Waals surface area contributed by atoms with Gasteiger partial charge in [-0.2, -0.15) is 0 Å². The molecule has 0 aliphatic carbocycles. The summed E-state index contributed by atoms with van der Waals surface area (Å²) >= 11 is 0. The van der Waals surface area contributed by atoms with E-state index in [2.05, 4.69) is 5.32 Å². The van der Waals surface area contributed by atoms with E-state index in [0.717, 1.165) is 6.42 Å². The second kappa shape index (κ2) is 6.53. The molecule has 0 saturated carbocycles. The SMILES string of the molecule is CCCNC(=O)Cc1ccc(OC)c(S(N)(=O)=O)c1. The van der Waals surface area contributed by atoms with Gasteiger partial charge in [-0.1, -0.05) is 13.0 Å². The van der Waals surface area contributed by atoms with Crippen LogP contribution in [0, 0.1) is 0 Å². The molecule has 1 aromatic carbocycles. The molecule has 1 amide bonds. The van der Waals surface area contributed by atoms with Crippen LogP contribution in [0.25, 0.3) is 0 Å². The molecule has 0 atom stereocenters. The van der Waals surface area contributed by atoms with Gasteiger partial charge in [0.05, 0.1) is 13.5 Å². The molecule has 0 unspecified atom stereocenters. The third-order valence-corrected chi connectivity index (χ3v) is 3.40. The largest absolute Gasteiger partial charge is 0.495 e. The fourth-order valence-corrected chi connectivity index (χ4v) is 2.31. The number of carbonyl (C=O) groups excluding carboxylic acids is 1. The van der Waals surface area contributed by atoms with Crippen molar-refractivity contribution in [2.24, 2.45) is 5.14 Å². The van der Waals surface area contributed by atoms with Crippen molar-refractivity contribution in [3.8, 4) is 5.75 Å². The van der Waals surface area contributed by atoms with Crippen LogP contribution in [0.2, 0.25) is 0 Å². The third kappa shape index (κ3) is 4.53. The van der Waals surface area contributed by atoms with Gasteiger partial charge < -0.3 is 10.1 Å². The van der Waals surface area contributed by atoms with E-state index in [-0.39, 0.29) is 23.0 Å². The number of hydrogen-bond acceptors (Lipinski definition) is 4. The van der Waals surface area contributed by atoms with Crippen LogP contribution in [0.4, 0.5) is 0 Å². The molecule has 0 aliphatic heterocycles. The summed E-state index contributed by atoms with van der Waals surface area (Å²) in [6.07, 6.45) is 0.948. The van der Waals surface area contributed by atoms with Gasteiger partial charge >= 0.3 is 0 Å². The fourth-order valence-electron chi connectivity index (χ4n) is 1.57. The Labute approximate surface area is 113 Å². The van der Waals surface area contributed by atoms with Crippen molar-refractivity contribution in [3.05, 3.63) is 23.8 Å². The second-order valence-corrected chi connectivity index (χ2v) is 5.59.